The van der Waals surface area contributed by atoms with Gasteiger partial charge in [-0.15, -0.1) is 0 Å². The summed E-state index contributed by atoms with van der Waals surface area (Å²) in [6, 6.07) is 4.55. The van der Waals surface area contributed by atoms with Crippen LogP contribution in [0.3, 0.4) is 0 Å². The molecule has 1 aromatic heterocycles. The summed E-state index contributed by atoms with van der Waals surface area (Å²) < 4.78 is 12.7. The molecule has 3 heteroatoms. The first-order valence-electron chi connectivity index (χ1n) is 3.70. The van der Waals surface area contributed by atoms with E-state index < -0.39 is 0 Å². The van der Waals surface area contributed by atoms with Gasteiger partial charge in [-0.05, 0) is 17.1 Å². The zero-order valence-electron chi connectivity index (χ0n) is 6.63. The number of hydrogen-bond acceptors (Lipinski definition) is 1. The molecule has 2 aromatic rings. The highest BCUT2D eigenvalue weighted by atomic mass is 19.1. The molecule has 2 rings (SSSR count). The molecule has 0 spiro atoms. The Hall–Kier alpha value is -1.51. The molecule has 0 bridgehead atoms. The van der Waals surface area contributed by atoms with E-state index in [-0.39, 0.29) is 5.82 Å². The van der Waals surface area contributed by atoms with Crippen molar-refractivity contribution in [1.29, 1.82) is 0 Å². The van der Waals surface area contributed by atoms with Crippen molar-refractivity contribution < 1.29 is 9.37 Å². The largest absolute Gasteiger partial charge is 0.293 e. The van der Waals surface area contributed by atoms with Crippen molar-refractivity contribution in [2.24, 2.45) is 0 Å². The third-order valence-electron chi connectivity index (χ3n) is 1.72. The number of aromatic nitrogens is 2. The van der Waals surface area contributed by atoms with E-state index in [1.165, 1.54) is 12.1 Å². The molecule has 0 amide bonds. The Morgan fingerprint density at radius 1 is 1.42 bits per heavy atom. The Kier molecular flexibility index (Phi) is 1.50. The maximum Gasteiger partial charge on any atom is 0.293 e. The van der Waals surface area contributed by atoms with Crippen LogP contribution in [0.1, 0.15) is 5.82 Å². The van der Waals surface area contributed by atoms with Crippen LogP contribution in [-0.2, 0) is 0 Å². The SMILES string of the molecule is Cc1nc2cc(F)ccc2c[nH+]1. The average Bonchev–Trinajstić information content (AvgIpc) is 2.03. The van der Waals surface area contributed by atoms with Gasteiger partial charge in [0.05, 0.1) is 11.6 Å². The molecule has 1 aromatic carbocycles. The van der Waals surface area contributed by atoms with Crippen molar-refractivity contribution in [2.45, 2.75) is 6.92 Å². The van der Waals surface area contributed by atoms with E-state index in [0.29, 0.717) is 5.52 Å². The minimum atomic E-state index is -0.249. The number of fused-ring (bicyclic) bond motifs is 1. The average molecular weight is 163 g/mol. The fourth-order valence-electron chi connectivity index (χ4n) is 1.13. The minimum Gasteiger partial charge on any atom is -0.247 e. The lowest BCUT2D eigenvalue weighted by atomic mass is 10.2. The smallest absolute Gasteiger partial charge is 0.247 e. The first kappa shape index (κ1) is 7.16. The molecule has 0 fully saturated rings. The quantitative estimate of drug-likeness (QED) is 0.578. The molecule has 0 aliphatic carbocycles. The standard InChI is InChI=1S/C9H7FN2/c1-6-11-5-7-2-3-8(10)4-9(7)12-6/h2-5H,1H3/p+1. The maximum atomic E-state index is 12.7. The highest BCUT2D eigenvalue weighted by Gasteiger charge is 2.04. The summed E-state index contributed by atoms with van der Waals surface area (Å²) in [5, 5.41) is 0.919. The van der Waals surface area contributed by atoms with Crippen molar-refractivity contribution in [2.75, 3.05) is 0 Å². The molecule has 0 unspecified atom stereocenters. The molecular weight excluding hydrogens is 155 g/mol. The van der Waals surface area contributed by atoms with Crippen LogP contribution in [0, 0.1) is 12.7 Å². The van der Waals surface area contributed by atoms with Gasteiger partial charge in [-0.3, -0.25) is 0 Å². The van der Waals surface area contributed by atoms with Crippen LogP contribution in [0.2, 0.25) is 0 Å². The molecule has 2 nitrogen and oxygen atoms in total. The van der Waals surface area contributed by atoms with Crippen LogP contribution in [0.25, 0.3) is 10.9 Å². The highest BCUT2D eigenvalue weighted by Crippen LogP contribution is 2.10. The van der Waals surface area contributed by atoms with E-state index in [1.54, 1.807) is 6.07 Å². The molecular formula is C9H8FN2+. The van der Waals surface area contributed by atoms with E-state index in [1.807, 2.05) is 13.1 Å². The summed E-state index contributed by atoms with van der Waals surface area (Å²) >= 11 is 0. The monoisotopic (exact) mass is 163 g/mol. The first-order valence-corrected chi connectivity index (χ1v) is 3.70. The van der Waals surface area contributed by atoms with Crippen LogP contribution in [0.5, 0.6) is 0 Å². The Bertz CT molecular complexity index is 389. The van der Waals surface area contributed by atoms with Crippen molar-refractivity contribution in [3.63, 3.8) is 0 Å². The fourth-order valence-corrected chi connectivity index (χ4v) is 1.13. The van der Waals surface area contributed by atoms with Gasteiger partial charge < -0.3 is 0 Å². The zero-order valence-corrected chi connectivity index (χ0v) is 6.63. The second-order valence-corrected chi connectivity index (χ2v) is 2.69. The van der Waals surface area contributed by atoms with Gasteiger partial charge in [-0.2, -0.15) is 0 Å². The Morgan fingerprint density at radius 2 is 2.25 bits per heavy atom. The van der Waals surface area contributed by atoms with E-state index in [4.69, 9.17) is 0 Å². The summed E-state index contributed by atoms with van der Waals surface area (Å²) in [5.41, 5.74) is 0.686. The van der Waals surface area contributed by atoms with Gasteiger partial charge in [0, 0.05) is 13.0 Å². The van der Waals surface area contributed by atoms with E-state index in [2.05, 4.69) is 9.97 Å². The Labute approximate surface area is 69.1 Å². The lowest BCUT2D eigenvalue weighted by Gasteiger charge is -1.90. The topological polar surface area (TPSA) is 27.0 Å². The fraction of sp³-hybridized carbons (Fsp3) is 0.111. The second kappa shape index (κ2) is 2.52. The summed E-state index contributed by atoms with van der Waals surface area (Å²) in [4.78, 5) is 7.10. The predicted octanol–water partition coefficient (Wildman–Crippen LogP) is 1.50. The maximum absolute atomic E-state index is 12.7. The van der Waals surface area contributed by atoms with Gasteiger partial charge in [-0.25, -0.2) is 9.37 Å². The second-order valence-electron chi connectivity index (χ2n) is 2.69. The van der Waals surface area contributed by atoms with Crippen LogP contribution in [0.4, 0.5) is 4.39 Å². The third kappa shape index (κ3) is 1.13. The van der Waals surface area contributed by atoms with Gasteiger partial charge >= 0.3 is 0 Å². The number of aromatic amines is 1. The Morgan fingerprint density at radius 3 is 3.08 bits per heavy atom. The van der Waals surface area contributed by atoms with Gasteiger partial charge in [0.15, 0.2) is 5.52 Å². The molecule has 0 aliphatic rings. The first-order chi connectivity index (χ1) is 5.75. The summed E-state index contributed by atoms with van der Waals surface area (Å²) in [5.74, 6) is 0.536. The molecule has 1 heterocycles. The predicted molar refractivity (Wildman–Crippen MR) is 43.0 cm³/mol. The molecule has 0 atom stereocenters. The molecule has 0 saturated carbocycles. The lowest BCUT2D eigenvalue weighted by molar-refractivity contribution is -0.390. The van der Waals surface area contributed by atoms with Crippen molar-refractivity contribution in [3.05, 3.63) is 36.0 Å². The van der Waals surface area contributed by atoms with Crippen molar-refractivity contribution >= 4 is 10.9 Å². The van der Waals surface area contributed by atoms with Crippen LogP contribution in [-0.4, -0.2) is 4.98 Å². The Balaban J connectivity index is 2.80. The van der Waals surface area contributed by atoms with Crippen LogP contribution >= 0.6 is 0 Å². The van der Waals surface area contributed by atoms with Crippen LogP contribution in [0.15, 0.2) is 24.4 Å². The molecule has 60 valence electrons. The van der Waals surface area contributed by atoms with E-state index in [9.17, 15) is 4.39 Å². The minimum absolute atomic E-state index is 0.249. The number of aryl methyl sites for hydroxylation is 1. The normalized spacial score (nSPS) is 10.5. The van der Waals surface area contributed by atoms with Gasteiger partial charge in [0.2, 0.25) is 0 Å². The molecule has 12 heavy (non-hydrogen) atoms. The number of H-pyrrole nitrogens is 1. The summed E-state index contributed by atoms with van der Waals surface area (Å²) in [7, 11) is 0. The summed E-state index contributed by atoms with van der Waals surface area (Å²) in [6.07, 6.45) is 1.82. The van der Waals surface area contributed by atoms with Gasteiger partial charge in [0.25, 0.3) is 5.82 Å². The highest BCUT2D eigenvalue weighted by molar-refractivity contribution is 5.76. The third-order valence-corrected chi connectivity index (χ3v) is 1.72. The number of hydrogen-bond donors (Lipinski definition) is 0. The van der Waals surface area contributed by atoms with Crippen molar-refractivity contribution in [1.82, 2.24) is 4.98 Å². The number of nitrogens with zero attached hydrogens (tertiary/aromatic N) is 1. The molecule has 0 saturated heterocycles. The van der Waals surface area contributed by atoms with Gasteiger partial charge in [-0.1, -0.05) is 0 Å². The van der Waals surface area contributed by atoms with E-state index >= 15 is 0 Å². The number of benzene rings is 1. The zero-order chi connectivity index (χ0) is 8.55. The van der Waals surface area contributed by atoms with Crippen molar-refractivity contribution in [3.8, 4) is 0 Å². The number of rotatable bonds is 0. The lowest BCUT2D eigenvalue weighted by Crippen LogP contribution is -2.08. The molecule has 0 aliphatic heterocycles. The van der Waals surface area contributed by atoms with Gasteiger partial charge in [0.1, 0.15) is 5.82 Å². The molecule has 1 N–H and O–H groups in total. The van der Waals surface area contributed by atoms with E-state index in [0.717, 1.165) is 11.2 Å². The van der Waals surface area contributed by atoms with Crippen LogP contribution < -0.4 is 4.98 Å². The molecule has 0 radical (unpaired) electrons. The number of nitrogens with one attached hydrogen (secondary N) is 1. The summed E-state index contributed by atoms with van der Waals surface area (Å²) in [6.45, 7) is 1.84. The number of halogens is 1.